The molecule has 0 spiro atoms. The molecular formula is C36H42N2O6. The average Bonchev–Trinajstić information content (AvgIpc) is 3.04. The minimum atomic E-state index is -0.798. The van der Waals surface area contributed by atoms with Crippen LogP contribution >= 0.6 is 0 Å². The molecule has 0 saturated heterocycles. The first kappa shape index (κ1) is 32.6. The largest absolute Gasteiger partial charge is 0.455 e. The zero-order chi connectivity index (χ0) is 31.1. The molecular weight excluding hydrogens is 556 g/mol. The minimum Gasteiger partial charge on any atom is -0.455 e. The SMILES string of the molecule is COC[C@@H]1NC(=O)[C@@H](CC(=O)N[C@H](CO)Cc2ccccc2)CC=CC[C@H](Cc2ccccc2)C(=O)O[C@H]1c1ccccc1. The summed E-state index contributed by atoms with van der Waals surface area (Å²) in [5.41, 5.74) is 2.75. The number of hydrogen-bond donors (Lipinski definition) is 3. The molecule has 8 heteroatoms. The molecule has 1 heterocycles. The predicted molar refractivity (Wildman–Crippen MR) is 168 cm³/mol. The Bertz CT molecular complexity index is 1350. The van der Waals surface area contributed by atoms with E-state index in [0.29, 0.717) is 25.7 Å². The van der Waals surface area contributed by atoms with Crippen LogP contribution in [0.4, 0.5) is 0 Å². The molecule has 5 atom stereocenters. The number of ether oxygens (including phenoxy) is 2. The summed E-state index contributed by atoms with van der Waals surface area (Å²) < 4.78 is 11.6. The van der Waals surface area contributed by atoms with E-state index >= 15 is 0 Å². The maximum Gasteiger partial charge on any atom is 0.310 e. The van der Waals surface area contributed by atoms with Crippen molar-refractivity contribution >= 4 is 17.8 Å². The lowest BCUT2D eigenvalue weighted by Gasteiger charge is -2.31. The quantitative estimate of drug-likeness (QED) is 0.224. The number of aliphatic hydroxyl groups is 1. The van der Waals surface area contributed by atoms with Crippen LogP contribution in [0, 0.1) is 11.8 Å². The molecule has 232 valence electrons. The maximum absolute atomic E-state index is 13.7. The monoisotopic (exact) mass is 598 g/mol. The number of carbonyl (C=O) groups is 3. The molecule has 0 radical (unpaired) electrons. The Morgan fingerprint density at radius 1 is 0.909 bits per heavy atom. The topological polar surface area (TPSA) is 114 Å². The molecule has 8 nitrogen and oxygen atoms in total. The van der Waals surface area contributed by atoms with Crippen molar-refractivity contribution in [2.45, 2.75) is 50.3 Å². The molecule has 1 aliphatic heterocycles. The molecule has 0 saturated carbocycles. The first-order valence-corrected chi connectivity index (χ1v) is 15.1. The highest BCUT2D eigenvalue weighted by atomic mass is 16.5. The van der Waals surface area contributed by atoms with Gasteiger partial charge in [-0.1, -0.05) is 103 Å². The number of aliphatic hydroxyl groups excluding tert-OH is 1. The Labute approximate surface area is 259 Å². The molecule has 0 fully saturated rings. The molecule has 3 aromatic carbocycles. The van der Waals surface area contributed by atoms with Crippen LogP contribution in [0.2, 0.25) is 0 Å². The molecule has 3 aromatic rings. The van der Waals surface area contributed by atoms with Gasteiger partial charge in [-0.25, -0.2) is 0 Å². The third-order valence-electron chi connectivity index (χ3n) is 7.79. The van der Waals surface area contributed by atoms with Crippen molar-refractivity contribution < 1.29 is 29.0 Å². The summed E-state index contributed by atoms with van der Waals surface area (Å²) in [5, 5.41) is 15.8. The number of cyclic esters (lactones) is 1. The second-order valence-electron chi connectivity index (χ2n) is 11.2. The fourth-order valence-electron chi connectivity index (χ4n) is 5.47. The second-order valence-corrected chi connectivity index (χ2v) is 11.2. The number of carbonyl (C=O) groups excluding carboxylic acids is 3. The number of benzene rings is 3. The second kappa shape index (κ2) is 17.1. The average molecular weight is 599 g/mol. The van der Waals surface area contributed by atoms with Crippen molar-refractivity contribution in [1.82, 2.24) is 10.6 Å². The predicted octanol–water partition coefficient (Wildman–Crippen LogP) is 4.34. The van der Waals surface area contributed by atoms with Crippen LogP contribution in [-0.2, 0) is 36.7 Å². The first-order valence-electron chi connectivity index (χ1n) is 15.1. The summed E-state index contributed by atoms with van der Waals surface area (Å²) in [6.07, 6.45) is 4.60. The van der Waals surface area contributed by atoms with Crippen LogP contribution in [0.5, 0.6) is 0 Å². The molecule has 2 amide bonds. The summed E-state index contributed by atoms with van der Waals surface area (Å²) in [4.78, 5) is 40.5. The number of hydrogen-bond acceptors (Lipinski definition) is 6. The third kappa shape index (κ3) is 9.89. The number of rotatable bonds is 11. The van der Waals surface area contributed by atoms with Gasteiger partial charge in [0.15, 0.2) is 0 Å². The van der Waals surface area contributed by atoms with Gasteiger partial charge in [0.1, 0.15) is 6.10 Å². The number of esters is 1. The zero-order valence-electron chi connectivity index (χ0n) is 25.1. The number of allylic oxidation sites excluding steroid dienone is 2. The molecule has 0 aromatic heterocycles. The number of amides is 2. The summed E-state index contributed by atoms with van der Waals surface area (Å²) in [5.74, 6) is -2.14. The Kier molecular flexibility index (Phi) is 12.7. The van der Waals surface area contributed by atoms with Crippen LogP contribution in [0.1, 0.15) is 42.1 Å². The van der Waals surface area contributed by atoms with E-state index in [4.69, 9.17) is 9.47 Å². The van der Waals surface area contributed by atoms with Crippen LogP contribution in [0.25, 0.3) is 0 Å². The Hall–Kier alpha value is -4.27. The molecule has 1 aliphatic rings. The fraction of sp³-hybridized carbons (Fsp3) is 0.361. The highest BCUT2D eigenvalue weighted by molar-refractivity contribution is 5.86. The molecule has 4 rings (SSSR count). The Morgan fingerprint density at radius 3 is 2.11 bits per heavy atom. The first-order chi connectivity index (χ1) is 21.5. The van der Waals surface area contributed by atoms with E-state index in [1.807, 2.05) is 103 Å². The lowest BCUT2D eigenvalue weighted by molar-refractivity contribution is -0.158. The van der Waals surface area contributed by atoms with Crippen molar-refractivity contribution in [3.05, 3.63) is 120 Å². The molecule has 3 N–H and O–H groups in total. The van der Waals surface area contributed by atoms with Gasteiger partial charge in [-0.3, -0.25) is 14.4 Å². The summed E-state index contributed by atoms with van der Waals surface area (Å²) >= 11 is 0. The van der Waals surface area contributed by atoms with E-state index in [-0.39, 0.29) is 37.4 Å². The standard InChI is InChI=1S/C36H42N2O6/c1-43-25-32-34(28-17-9-4-10-18-28)44-36(42)30(21-26-13-5-2-6-14-26)20-12-11-19-29(35(41)38-32)23-33(40)37-31(24-39)22-27-15-7-3-8-16-27/h2-18,29-32,34,39H,19-25H2,1H3,(H,37,40)(H,38,41)/t29-,30-,31+,32+,34+/m1/s1. The number of nitrogens with one attached hydrogen (secondary N) is 2. The number of methoxy groups -OCH3 is 1. The van der Waals surface area contributed by atoms with E-state index in [0.717, 1.165) is 16.7 Å². The summed E-state index contributed by atoms with van der Waals surface area (Å²) in [6, 6.07) is 27.6. The van der Waals surface area contributed by atoms with E-state index in [9.17, 15) is 19.5 Å². The highest BCUT2D eigenvalue weighted by Crippen LogP contribution is 2.27. The van der Waals surface area contributed by atoms with Crippen LogP contribution in [0.3, 0.4) is 0 Å². The van der Waals surface area contributed by atoms with Crippen molar-refractivity contribution in [2.24, 2.45) is 11.8 Å². The summed E-state index contributed by atoms with van der Waals surface area (Å²) in [7, 11) is 1.53. The van der Waals surface area contributed by atoms with E-state index in [1.165, 1.54) is 7.11 Å². The van der Waals surface area contributed by atoms with Crippen molar-refractivity contribution in [3.63, 3.8) is 0 Å². The van der Waals surface area contributed by atoms with Gasteiger partial charge in [0, 0.05) is 13.5 Å². The maximum atomic E-state index is 13.7. The smallest absolute Gasteiger partial charge is 0.310 e. The Balaban J connectivity index is 1.57. The van der Waals surface area contributed by atoms with Gasteiger partial charge in [0.2, 0.25) is 11.8 Å². The molecule has 44 heavy (non-hydrogen) atoms. The Morgan fingerprint density at radius 2 is 1.50 bits per heavy atom. The van der Waals surface area contributed by atoms with Crippen molar-refractivity contribution in [3.8, 4) is 0 Å². The normalized spacial score (nSPS) is 21.7. The van der Waals surface area contributed by atoms with Crippen LogP contribution in [0.15, 0.2) is 103 Å². The van der Waals surface area contributed by atoms with Crippen molar-refractivity contribution in [2.75, 3.05) is 20.3 Å². The fourth-order valence-corrected chi connectivity index (χ4v) is 5.47. The van der Waals surface area contributed by atoms with E-state index in [1.54, 1.807) is 0 Å². The van der Waals surface area contributed by atoms with Gasteiger partial charge in [0.25, 0.3) is 0 Å². The molecule has 0 unspecified atom stereocenters. The van der Waals surface area contributed by atoms with Crippen LogP contribution in [-0.4, -0.2) is 55.3 Å². The van der Waals surface area contributed by atoms with Gasteiger partial charge in [-0.05, 0) is 42.4 Å². The summed E-state index contributed by atoms with van der Waals surface area (Å²) in [6.45, 7) is -0.124. The van der Waals surface area contributed by atoms with Gasteiger partial charge in [0.05, 0.1) is 37.1 Å². The van der Waals surface area contributed by atoms with Gasteiger partial charge < -0.3 is 25.2 Å². The van der Waals surface area contributed by atoms with E-state index < -0.39 is 30.0 Å². The van der Waals surface area contributed by atoms with Gasteiger partial charge in [-0.15, -0.1) is 0 Å². The van der Waals surface area contributed by atoms with Crippen molar-refractivity contribution in [1.29, 1.82) is 0 Å². The lowest BCUT2D eigenvalue weighted by Crippen LogP contribution is -2.48. The molecule has 0 aliphatic carbocycles. The minimum absolute atomic E-state index is 0.0651. The van der Waals surface area contributed by atoms with Gasteiger partial charge in [-0.2, -0.15) is 0 Å². The highest BCUT2D eigenvalue weighted by Gasteiger charge is 2.34. The van der Waals surface area contributed by atoms with E-state index in [2.05, 4.69) is 10.6 Å². The lowest BCUT2D eigenvalue weighted by atomic mass is 9.93. The molecule has 0 bridgehead atoms. The zero-order valence-corrected chi connectivity index (χ0v) is 25.1. The van der Waals surface area contributed by atoms with Crippen LogP contribution < -0.4 is 10.6 Å². The van der Waals surface area contributed by atoms with Gasteiger partial charge >= 0.3 is 5.97 Å². The third-order valence-corrected chi connectivity index (χ3v) is 7.79.